The first-order chi connectivity index (χ1) is 10.0. The summed E-state index contributed by atoms with van der Waals surface area (Å²) >= 11 is 3.26. The number of benzene rings is 2. The molecule has 0 aromatic heterocycles. The molecule has 2 N–H and O–H groups in total. The van der Waals surface area contributed by atoms with Crippen LogP contribution in [0.1, 0.15) is 17.3 Å². The Bertz CT molecular complexity index is 676. The number of carbonyl (C=O) groups excluding carboxylic acids is 1. The molecule has 0 aliphatic rings. The van der Waals surface area contributed by atoms with Gasteiger partial charge < -0.3 is 15.2 Å². The fraction of sp³-hybridized carbons (Fsp3) is 0.133. The van der Waals surface area contributed by atoms with E-state index in [1.54, 1.807) is 25.1 Å². The van der Waals surface area contributed by atoms with Crippen LogP contribution in [0.15, 0.2) is 40.9 Å². The number of esters is 1. The molecule has 0 heterocycles. The second-order valence-electron chi connectivity index (χ2n) is 4.11. The highest BCUT2D eigenvalue weighted by Gasteiger charge is 2.15. The maximum Gasteiger partial charge on any atom is 0.340 e. The first kappa shape index (κ1) is 15.3. The number of rotatable bonds is 4. The van der Waals surface area contributed by atoms with Crippen LogP contribution in [0, 0.1) is 5.82 Å². The van der Waals surface area contributed by atoms with E-state index in [4.69, 9.17) is 15.2 Å². The molecule has 21 heavy (non-hydrogen) atoms. The molecule has 110 valence electrons. The summed E-state index contributed by atoms with van der Waals surface area (Å²) in [5.74, 6) is -0.443. The maximum atomic E-state index is 13.3. The van der Waals surface area contributed by atoms with E-state index in [1.807, 2.05) is 0 Å². The number of para-hydroxylation sites is 1. The maximum absolute atomic E-state index is 13.3. The highest BCUT2D eigenvalue weighted by Crippen LogP contribution is 2.34. The minimum atomic E-state index is -0.529. The zero-order chi connectivity index (χ0) is 15.4. The molecule has 0 fully saturated rings. The fourth-order valence-corrected chi connectivity index (χ4v) is 2.02. The van der Waals surface area contributed by atoms with Crippen molar-refractivity contribution in [3.05, 3.63) is 52.3 Å². The van der Waals surface area contributed by atoms with Crippen molar-refractivity contribution in [1.29, 1.82) is 0 Å². The Morgan fingerprint density at radius 2 is 2.05 bits per heavy atom. The van der Waals surface area contributed by atoms with Gasteiger partial charge in [-0.05, 0) is 47.1 Å². The third-order valence-electron chi connectivity index (χ3n) is 2.67. The van der Waals surface area contributed by atoms with Crippen molar-refractivity contribution >= 4 is 27.6 Å². The van der Waals surface area contributed by atoms with E-state index >= 15 is 0 Å². The van der Waals surface area contributed by atoms with Gasteiger partial charge in [0.2, 0.25) is 0 Å². The predicted molar refractivity (Wildman–Crippen MR) is 81.0 cm³/mol. The number of anilines is 1. The predicted octanol–water partition coefficient (Wildman–Crippen LogP) is 4.14. The number of ether oxygens (including phenoxy) is 2. The molecular formula is C15H13BrFNO3. The van der Waals surface area contributed by atoms with Gasteiger partial charge in [0.1, 0.15) is 11.6 Å². The molecular weight excluding hydrogens is 341 g/mol. The third-order valence-corrected chi connectivity index (χ3v) is 3.33. The van der Waals surface area contributed by atoms with Gasteiger partial charge >= 0.3 is 5.97 Å². The summed E-state index contributed by atoms with van der Waals surface area (Å²) in [4.78, 5) is 11.8. The zero-order valence-electron chi connectivity index (χ0n) is 11.2. The lowest BCUT2D eigenvalue weighted by atomic mass is 10.1. The van der Waals surface area contributed by atoms with E-state index in [2.05, 4.69) is 15.9 Å². The van der Waals surface area contributed by atoms with Crippen LogP contribution in [0.2, 0.25) is 0 Å². The van der Waals surface area contributed by atoms with Crippen molar-refractivity contribution in [1.82, 2.24) is 0 Å². The quantitative estimate of drug-likeness (QED) is 0.662. The monoisotopic (exact) mass is 353 g/mol. The van der Waals surface area contributed by atoms with Crippen molar-refractivity contribution in [2.24, 2.45) is 0 Å². The van der Waals surface area contributed by atoms with E-state index in [0.717, 1.165) is 0 Å². The zero-order valence-corrected chi connectivity index (χ0v) is 12.8. The van der Waals surface area contributed by atoms with E-state index in [1.165, 1.54) is 18.2 Å². The number of hydrogen-bond acceptors (Lipinski definition) is 4. The van der Waals surface area contributed by atoms with E-state index in [0.29, 0.717) is 4.47 Å². The van der Waals surface area contributed by atoms with Crippen LogP contribution >= 0.6 is 15.9 Å². The van der Waals surface area contributed by atoms with Gasteiger partial charge in [-0.25, -0.2) is 9.18 Å². The van der Waals surface area contributed by atoms with Crippen molar-refractivity contribution in [3.8, 4) is 11.5 Å². The summed E-state index contributed by atoms with van der Waals surface area (Å²) in [7, 11) is 0. The van der Waals surface area contributed by atoms with E-state index < -0.39 is 11.8 Å². The normalized spacial score (nSPS) is 10.2. The van der Waals surface area contributed by atoms with Crippen molar-refractivity contribution in [2.75, 3.05) is 12.3 Å². The lowest BCUT2D eigenvalue weighted by molar-refractivity contribution is 0.0527. The third kappa shape index (κ3) is 3.52. The molecule has 0 amide bonds. The molecule has 2 rings (SSSR count). The average molecular weight is 354 g/mol. The second-order valence-corrected chi connectivity index (χ2v) is 4.97. The first-order valence-corrected chi connectivity index (χ1v) is 7.00. The Balaban J connectivity index is 2.35. The Morgan fingerprint density at radius 1 is 1.29 bits per heavy atom. The van der Waals surface area contributed by atoms with Gasteiger partial charge in [-0.1, -0.05) is 6.07 Å². The Kier molecular flexibility index (Phi) is 4.80. The highest BCUT2D eigenvalue weighted by molar-refractivity contribution is 9.10. The van der Waals surface area contributed by atoms with Gasteiger partial charge in [-0.3, -0.25) is 0 Å². The van der Waals surface area contributed by atoms with Crippen LogP contribution in [0.4, 0.5) is 10.1 Å². The van der Waals surface area contributed by atoms with Gasteiger partial charge in [0, 0.05) is 6.07 Å². The fourth-order valence-electron chi connectivity index (χ4n) is 1.69. The molecule has 2 aromatic carbocycles. The largest absolute Gasteiger partial charge is 0.462 e. The Hall–Kier alpha value is -2.08. The molecule has 6 heteroatoms. The summed E-state index contributed by atoms with van der Waals surface area (Å²) in [6, 6.07) is 8.80. The molecule has 0 bridgehead atoms. The van der Waals surface area contributed by atoms with Crippen LogP contribution in [0.25, 0.3) is 0 Å². The summed E-state index contributed by atoms with van der Waals surface area (Å²) in [6.45, 7) is 1.96. The second kappa shape index (κ2) is 6.58. The van der Waals surface area contributed by atoms with E-state index in [-0.39, 0.29) is 29.4 Å². The summed E-state index contributed by atoms with van der Waals surface area (Å²) in [5, 5.41) is 0. The standard InChI is InChI=1S/C15H13BrFNO3/c1-2-20-15(19)10-4-3-5-12(14(10)18)21-13-8-9(17)6-7-11(13)16/h3-8H,2,18H2,1H3. The Labute approximate surface area is 129 Å². The van der Waals surface area contributed by atoms with Gasteiger partial charge in [0.15, 0.2) is 5.75 Å². The summed E-state index contributed by atoms with van der Waals surface area (Å²) in [5.41, 5.74) is 6.27. The van der Waals surface area contributed by atoms with Crippen molar-refractivity contribution in [2.45, 2.75) is 6.92 Å². The molecule has 0 radical (unpaired) electrons. The highest BCUT2D eigenvalue weighted by atomic mass is 79.9. The lowest BCUT2D eigenvalue weighted by Gasteiger charge is -2.12. The van der Waals surface area contributed by atoms with Crippen LogP contribution < -0.4 is 10.5 Å². The smallest absolute Gasteiger partial charge is 0.340 e. The van der Waals surface area contributed by atoms with Gasteiger partial charge in [0.05, 0.1) is 22.3 Å². The first-order valence-electron chi connectivity index (χ1n) is 6.21. The average Bonchev–Trinajstić information content (AvgIpc) is 2.45. The number of carbonyl (C=O) groups is 1. The topological polar surface area (TPSA) is 61.5 Å². The molecule has 0 saturated carbocycles. The number of nitrogens with two attached hydrogens (primary N) is 1. The van der Waals surface area contributed by atoms with Crippen LogP contribution in [-0.2, 0) is 4.74 Å². The SMILES string of the molecule is CCOC(=O)c1cccc(Oc2cc(F)ccc2Br)c1N. The number of halogens is 2. The molecule has 4 nitrogen and oxygen atoms in total. The molecule has 0 spiro atoms. The minimum Gasteiger partial charge on any atom is -0.462 e. The summed E-state index contributed by atoms with van der Waals surface area (Å²) < 4.78 is 24.3. The molecule has 0 atom stereocenters. The summed E-state index contributed by atoms with van der Waals surface area (Å²) in [6.07, 6.45) is 0. The lowest BCUT2D eigenvalue weighted by Crippen LogP contribution is -2.08. The van der Waals surface area contributed by atoms with Gasteiger partial charge in [-0.2, -0.15) is 0 Å². The molecule has 0 saturated heterocycles. The van der Waals surface area contributed by atoms with E-state index in [9.17, 15) is 9.18 Å². The minimum absolute atomic E-state index is 0.145. The molecule has 0 aliphatic carbocycles. The molecule has 2 aromatic rings. The number of hydrogen-bond donors (Lipinski definition) is 1. The molecule has 0 unspecified atom stereocenters. The molecule has 0 aliphatic heterocycles. The van der Waals surface area contributed by atoms with Crippen LogP contribution in [0.3, 0.4) is 0 Å². The van der Waals surface area contributed by atoms with Crippen molar-refractivity contribution in [3.63, 3.8) is 0 Å². The van der Waals surface area contributed by atoms with Crippen LogP contribution in [0.5, 0.6) is 11.5 Å². The van der Waals surface area contributed by atoms with Crippen LogP contribution in [-0.4, -0.2) is 12.6 Å². The number of nitrogen functional groups attached to an aromatic ring is 1. The van der Waals surface area contributed by atoms with Crippen molar-refractivity contribution < 1.29 is 18.7 Å². The van der Waals surface area contributed by atoms with Gasteiger partial charge in [-0.15, -0.1) is 0 Å². The Morgan fingerprint density at radius 3 is 2.76 bits per heavy atom. The van der Waals surface area contributed by atoms with Gasteiger partial charge in [0.25, 0.3) is 0 Å².